The van der Waals surface area contributed by atoms with Gasteiger partial charge in [-0.2, -0.15) is 0 Å². The quantitative estimate of drug-likeness (QED) is 0.775. The van der Waals surface area contributed by atoms with E-state index < -0.39 is 0 Å². The average molecular weight is 345 g/mol. The van der Waals surface area contributed by atoms with Gasteiger partial charge in [-0.05, 0) is 31.5 Å². The normalized spacial score (nSPS) is 18.6. The van der Waals surface area contributed by atoms with Gasteiger partial charge in [-0.1, -0.05) is 12.8 Å². The Morgan fingerprint density at radius 2 is 1.80 bits per heavy atom. The average Bonchev–Trinajstić information content (AvgIpc) is 3.08. The topological polar surface area (TPSA) is 44.1 Å². The summed E-state index contributed by atoms with van der Waals surface area (Å²) in [5, 5.41) is 0. The highest BCUT2D eigenvalue weighted by Crippen LogP contribution is 2.38. The molecule has 1 saturated heterocycles. The van der Waals surface area contributed by atoms with Crippen molar-refractivity contribution in [3.63, 3.8) is 0 Å². The standard InChI is InChI=1S/C20H27NO4/c1-22-15-12-19(23-2)16(20(13-15)24-3)14-21-10-6-4-5-8-17(21)18-9-7-11-25-18/h7,9,11-13,17H,4-6,8,10,14H2,1-3H3. The number of nitrogens with zero attached hydrogens (tertiary/aromatic N) is 1. The number of likely N-dealkylation sites (tertiary alicyclic amines) is 1. The molecule has 2 heterocycles. The lowest BCUT2D eigenvalue weighted by atomic mass is 10.1. The molecule has 1 aliphatic heterocycles. The van der Waals surface area contributed by atoms with Gasteiger partial charge in [0.15, 0.2) is 0 Å². The van der Waals surface area contributed by atoms with Crippen molar-refractivity contribution in [2.75, 3.05) is 27.9 Å². The Bertz CT molecular complexity index is 643. The van der Waals surface area contributed by atoms with E-state index in [-0.39, 0.29) is 6.04 Å². The SMILES string of the molecule is COc1cc(OC)c(CN2CCCCCC2c2ccco2)c(OC)c1. The molecule has 1 atom stereocenters. The van der Waals surface area contributed by atoms with E-state index in [9.17, 15) is 0 Å². The maximum absolute atomic E-state index is 5.72. The van der Waals surface area contributed by atoms with Crippen LogP contribution in [0.25, 0.3) is 0 Å². The van der Waals surface area contributed by atoms with Crippen LogP contribution in [0, 0.1) is 0 Å². The van der Waals surface area contributed by atoms with Crippen LogP contribution in [0.15, 0.2) is 34.9 Å². The fourth-order valence-electron chi connectivity index (χ4n) is 3.60. The fraction of sp³-hybridized carbons (Fsp3) is 0.500. The molecular formula is C20H27NO4. The largest absolute Gasteiger partial charge is 0.496 e. The molecule has 0 aliphatic carbocycles. The highest BCUT2D eigenvalue weighted by molar-refractivity contribution is 5.50. The first-order valence-electron chi connectivity index (χ1n) is 8.83. The lowest BCUT2D eigenvalue weighted by molar-refractivity contribution is 0.166. The Morgan fingerprint density at radius 1 is 1.04 bits per heavy atom. The molecule has 0 spiro atoms. The number of benzene rings is 1. The summed E-state index contributed by atoms with van der Waals surface area (Å²) < 4.78 is 22.3. The zero-order valence-corrected chi connectivity index (χ0v) is 15.3. The highest BCUT2D eigenvalue weighted by atomic mass is 16.5. The highest BCUT2D eigenvalue weighted by Gasteiger charge is 2.27. The van der Waals surface area contributed by atoms with Crippen LogP contribution in [0.5, 0.6) is 17.2 Å². The molecule has 1 aliphatic rings. The minimum atomic E-state index is 0.286. The number of hydrogen-bond donors (Lipinski definition) is 0. The maximum atomic E-state index is 5.72. The number of furan rings is 1. The third-order valence-corrected chi connectivity index (χ3v) is 4.91. The van der Waals surface area contributed by atoms with Crippen molar-refractivity contribution >= 4 is 0 Å². The Morgan fingerprint density at radius 3 is 2.40 bits per heavy atom. The monoisotopic (exact) mass is 345 g/mol. The molecule has 0 saturated carbocycles. The third kappa shape index (κ3) is 3.93. The van der Waals surface area contributed by atoms with Crippen LogP contribution in [-0.4, -0.2) is 32.8 Å². The van der Waals surface area contributed by atoms with Gasteiger partial charge in [-0.25, -0.2) is 0 Å². The van der Waals surface area contributed by atoms with Crippen molar-refractivity contribution in [1.82, 2.24) is 4.90 Å². The van der Waals surface area contributed by atoms with Gasteiger partial charge in [0.1, 0.15) is 23.0 Å². The van der Waals surface area contributed by atoms with Gasteiger partial charge in [0.2, 0.25) is 0 Å². The Balaban J connectivity index is 1.93. The molecular weight excluding hydrogens is 318 g/mol. The van der Waals surface area contributed by atoms with E-state index in [0.717, 1.165) is 48.1 Å². The predicted octanol–water partition coefficient (Wildman–Crippen LogP) is 4.42. The van der Waals surface area contributed by atoms with Crippen LogP contribution in [0.3, 0.4) is 0 Å². The summed E-state index contributed by atoms with van der Waals surface area (Å²) in [7, 11) is 5.02. The molecule has 0 bridgehead atoms. The van der Waals surface area contributed by atoms with Crippen molar-refractivity contribution in [3.05, 3.63) is 41.9 Å². The minimum Gasteiger partial charge on any atom is -0.496 e. The van der Waals surface area contributed by atoms with Crippen LogP contribution in [0.1, 0.15) is 43.0 Å². The predicted molar refractivity (Wildman–Crippen MR) is 96.4 cm³/mol. The van der Waals surface area contributed by atoms with E-state index in [4.69, 9.17) is 18.6 Å². The lowest BCUT2D eigenvalue weighted by Gasteiger charge is -2.29. The molecule has 5 heteroatoms. The second-order valence-corrected chi connectivity index (χ2v) is 6.36. The van der Waals surface area contributed by atoms with Crippen LogP contribution in [0.2, 0.25) is 0 Å². The molecule has 3 rings (SSSR count). The van der Waals surface area contributed by atoms with Gasteiger partial charge in [-0.3, -0.25) is 4.90 Å². The molecule has 136 valence electrons. The molecule has 5 nitrogen and oxygen atoms in total. The smallest absolute Gasteiger partial charge is 0.130 e. The second-order valence-electron chi connectivity index (χ2n) is 6.36. The van der Waals surface area contributed by atoms with Gasteiger partial charge in [-0.15, -0.1) is 0 Å². The maximum Gasteiger partial charge on any atom is 0.130 e. The molecule has 1 fully saturated rings. The first-order chi connectivity index (χ1) is 12.3. The van der Waals surface area contributed by atoms with E-state index in [1.54, 1.807) is 27.6 Å². The molecule has 25 heavy (non-hydrogen) atoms. The summed E-state index contributed by atoms with van der Waals surface area (Å²) in [5.74, 6) is 3.35. The minimum absolute atomic E-state index is 0.286. The van der Waals surface area contributed by atoms with Gasteiger partial charge in [0, 0.05) is 18.7 Å². The summed E-state index contributed by atoms with van der Waals surface area (Å²) in [4.78, 5) is 2.47. The van der Waals surface area contributed by atoms with E-state index in [0.29, 0.717) is 0 Å². The van der Waals surface area contributed by atoms with Crippen LogP contribution in [0.4, 0.5) is 0 Å². The van der Waals surface area contributed by atoms with Crippen molar-refractivity contribution in [2.45, 2.75) is 38.3 Å². The van der Waals surface area contributed by atoms with E-state index >= 15 is 0 Å². The second kappa shape index (κ2) is 8.30. The first-order valence-corrected chi connectivity index (χ1v) is 8.83. The Kier molecular flexibility index (Phi) is 5.87. The van der Waals surface area contributed by atoms with Crippen molar-refractivity contribution in [2.24, 2.45) is 0 Å². The first kappa shape index (κ1) is 17.7. The molecule has 0 amide bonds. The number of methoxy groups -OCH3 is 3. The molecule has 1 aromatic carbocycles. The molecule has 0 N–H and O–H groups in total. The lowest BCUT2D eigenvalue weighted by Crippen LogP contribution is -2.28. The third-order valence-electron chi connectivity index (χ3n) is 4.91. The van der Waals surface area contributed by atoms with E-state index in [1.165, 1.54) is 19.3 Å². The Hall–Kier alpha value is -2.14. The summed E-state index contributed by atoms with van der Waals surface area (Å²) in [5.41, 5.74) is 1.05. The Labute approximate surface area is 149 Å². The summed E-state index contributed by atoms with van der Waals surface area (Å²) in [6, 6.07) is 8.15. The summed E-state index contributed by atoms with van der Waals surface area (Å²) >= 11 is 0. The van der Waals surface area contributed by atoms with Crippen molar-refractivity contribution in [1.29, 1.82) is 0 Å². The zero-order chi connectivity index (χ0) is 17.6. The summed E-state index contributed by atoms with van der Waals surface area (Å²) in [6.45, 7) is 1.78. The van der Waals surface area contributed by atoms with Crippen LogP contribution >= 0.6 is 0 Å². The molecule has 0 radical (unpaired) electrons. The van der Waals surface area contributed by atoms with Gasteiger partial charge >= 0.3 is 0 Å². The molecule has 2 aromatic rings. The van der Waals surface area contributed by atoms with Crippen molar-refractivity contribution < 1.29 is 18.6 Å². The summed E-state index contributed by atoms with van der Waals surface area (Å²) in [6.07, 6.45) is 6.53. The van der Waals surface area contributed by atoms with Crippen LogP contribution < -0.4 is 14.2 Å². The fourth-order valence-corrected chi connectivity index (χ4v) is 3.60. The molecule has 1 aromatic heterocycles. The van der Waals surface area contributed by atoms with Crippen molar-refractivity contribution in [3.8, 4) is 17.2 Å². The number of hydrogen-bond acceptors (Lipinski definition) is 5. The number of rotatable bonds is 6. The van der Waals surface area contributed by atoms with E-state index in [1.807, 2.05) is 18.2 Å². The zero-order valence-electron chi connectivity index (χ0n) is 15.3. The van der Waals surface area contributed by atoms with Gasteiger partial charge in [0.25, 0.3) is 0 Å². The number of ether oxygens (including phenoxy) is 3. The van der Waals surface area contributed by atoms with Gasteiger partial charge < -0.3 is 18.6 Å². The molecule has 1 unspecified atom stereocenters. The van der Waals surface area contributed by atoms with Crippen LogP contribution in [-0.2, 0) is 6.54 Å². The van der Waals surface area contributed by atoms with E-state index in [2.05, 4.69) is 11.0 Å². The van der Waals surface area contributed by atoms with Gasteiger partial charge in [0.05, 0.1) is 39.2 Å².